The molecule has 0 atom stereocenters. The summed E-state index contributed by atoms with van der Waals surface area (Å²) in [7, 11) is 1.60. The maximum Gasteiger partial charge on any atom is 0.273 e. The number of nitrogens with one attached hydrogen (secondary N) is 3. The van der Waals surface area contributed by atoms with Crippen LogP contribution in [0.5, 0.6) is 5.75 Å². The van der Waals surface area contributed by atoms with Gasteiger partial charge in [0.2, 0.25) is 0 Å². The van der Waals surface area contributed by atoms with E-state index in [4.69, 9.17) is 4.74 Å². The molecule has 3 aromatic rings. The number of hydrogen-bond acceptors (Lipinski definition) is 6. The van der Waals surface area contributed by atoms with Crippen molar-refractivity contribution in [3.8, 4) is 5.75 Å². The summed E-state index contributed by atoms with van der Waals surface area (Å²) in [6.45, 7) is 9.05. The number of rotatable bonds is 13. The maximum absolute atomic E-state index is 12.9. The first kappa shape index (κ1) is 29.0. The number of anilines is 1. The van der Waals surface area contributed by atoms with Crippen molar-refractivity contribution in [2.24, 2.45) is 5.10 Å². The minimum Gasteiger partial charge on any atom is -0.497 e. The lowest BCUT2D eigenvalue weighted by Crippen LogP contribution is -2.31. The molecule has 200 valence electrons. The summed E-state index contributed by atoms with van der Waals surface area (Å²) >= 11 is 3.39. The van der Waals surface area contributed by atoms with Crippen molar-refractivity contribution >= 4 is 39.6 Å². The second-order valence-electron chi connectivity index (χ2n) is 8.52. The number of nitrogens with zero attached hydrogens (tertiary/aromatic N) is 2. The van der Waals surface area contributed by atoms with Crippen LogP contribution in [0.15, 0.2) is 76.3 Å². The Bertz CT molecular complexity index is 1230. The Balaban J connectivity index is 1.59. The minimum absolute atomic E-state index is 0.286. The summed E-state index contributed by atoms with van der Waals surface area (Å²) < 4.78 is 5.85. The van der Waals surface area contributed by atoms with Crippen LogP contribution in [0, 0.1) is 0 Å². The standard InChI is InChI=1S/C29H34BrN5O3/c1-4-35(5-2)17-16-31-19-21-6-10-23(11-7-21)28(36)33-27-15-12-24(30)18-26(27)29(37)34-32-20-22-8-13-25(38-3)14-9-22/h6-15,18,20,31H,4-5,16-17,19H2,1-3H3,(H,33,36)(H,34,37)/b32-20+. The van der Waals surface area contributed by atoms with Crippen LogP contribution >= 0.6 is 15.9 Å². The van der Waals surface area contributed by atoms with Crippen molar-refractivity contribution in [2.45, 2.75) is 20.4 Å². The van der Waals surface area contributed by atoms with Gasteiger partial charge in [0.1, 0.15) is 5.75 Å². The van der Waals surface area contributed by atoms with Crippen LogP contribution in [0.25, 0.3) is 0 Å². The fourth-order valence-corrected chi connectivity index (χ4v) is 4.07. The van der Waals surface area contributed by atoms with Gasteiger partial charge >= 0.3 is 0 Å². The average Bonchev–Trinajstić information content (AvgIpc) is 2.94. The predicted octanol–water partition coefficient (Wildman–Crippen LogP) is 4.91. The summed E-state index contributed by atoms with van der Waals surface area (Å²) in [4.78, 5) is 28.1. The summed E-state index contributed by atoms with van der Waals surface area (Å²) in [6.07, 6.45) is 1.54. The molecule has 0 bridgehead atoms. The molecule has 0 aliphatic heterocycles. The predicted molar refractivity (Wildman–Crippen MR) is 156 cm³/mol. The van der Waals surface area contributed by atoms with Gasteiger partial charge in [-0.25, -0.2) is 5.43 Å². The highest BCUT2D eigenvalue weighted by atomic mass is 79.9. The van der Waals surface area contributed by atoms with Gasteiger partial charge in [0, 0.05) is 29.7 Å². The normalized spacial score (nSPS) is 11.1. The smallest absolute Gasteiger partial charge is 0.273 e. The molecule has 0 unspecified atom stereocenters. The zero-order chi connectivity index (χ0) is 27.3. The Hall–Kier alpha value is -3.53. The topological polar surface area (TPSA) is 95.1 Å². The van der Waals surface area contributed by atoms with Gasteiger partial charge in [0.25, 0.3) is 11.8 Å². The number of carbonyl (C=O) groups is 2. The Labute approximate surface area is 232 Å². The summed E-state index contributed by atoms with van der Waals surface area (Å²) in [5.41, 5.74) is 5.59. The van der Waals surface area contributed by atoms with E-state index in [2.05, 4.69) is 55.8 Å². The van der Waals surface area contributed by atoms with Crippen molar-refractivity contribution in [1.82, 2.24) is 15.6 Å². The molecule has 0 fully saturated rings. The SMILES string of the molecule is CCN(CC)CCNCc1ccc(C(=O)Nc2ccc(Br)cc2C(=O)N/N=C/c2ccc(OC)cc2)cc1. The monoisotopic (exact) mass is 579 g/mol. The van der Waals surface area contributed by atoms with E-state index in [0.717, 1.165) is 49.6 Å². The molecule has 0 saturated carbocycles. The molecule has 38 heavy (non-hydrogen) atoms. The third-order valence-corrected chi connectivity index (χ3v) is 6.51. The molecule has 0 spiro atoms. The van der Waals surface area contributed by atoms with Gasteiger partial charge < -0.3 is 20.3 Å². The Kier molecular flexibility index (Phi) is 11.5. The number of halogens is 1. The number of methoxy groups -OCH3 is 1. The molecule has 3 aromatic carbocycles. The van der Waals surface area contributed by atoms with Crippen molar-refractivity contribution in [3.05, 3.63) is 93.5 Å². The molecule has 8 nitrogen and oxygen atoms in total. The van der Waals surface area contributed by atoms with E-state index in [-0.39, 0.29) is 11.5 Å². The lowest BCUT2D eigenvalue weighted by atomic mass is 10.1. The van der Waals surface area contributed by atoms with Crippen molar-refractivity contribution in [3.63, 3.8) is 0 Å². The number of amides is 2. The first-order valence-electron chi connectivity index (χ1n) is 12.5. The number of benzene rings is 3. The van der Waals surface area contributed by atoms with Crippen LogP contribution in [0.1, 0.15) is 45.7 Å². The number of hydrogen-bond donors (Lipinski definition) is 3. The Morgan fingerprint density at radius 3 is 2.34 bits per heavy atom. The van der Waals surface area contributed by atoms with Crippen LogP contribution in [0.2, 0.25) is 0 Å². The van der Waals surface area contributed by atoms with E-state index in [1.54, 1.807) is 37.4 Å². The van der Waals surface area contributed by atoms with Crippen molar-refractivity contribution < 1.29 is 14.3 Å². The van der Waals surface area contributed by atoms with E-state index < -0.39 is 5.91 Å². The largest absolute Gasteiger partial charge is 0.497 e. The second-order valence-corrected chi connectivity index (χ2v) is 9.43. The minimum atomic E-state index is -0.447. The third kappa shape index (κ3) is 8.79. The van der Waals surface area contributed by atoms with Crippen LogP contribution in [0.4, 0.5) is 5.69 Å². The average molecular weight is 581 g/mol. The fraction of sp³-hybridized carbons (Fsp3) is 0.276. The molecule has 0 aliphatic rings. The van der Waals surface area contributed by atoms with Gasteiger partial charge in [0.05, 0.1) is 24.6 Å². The van der Waals surface area contributed by atoms with Gasteiger partial charge in [-0.3, -0.25) is 9.59 Å². The van der Waals surface area contributed by atoms with Crippen LogP contribution in [0.3, 0.4) is 0 Å². The molecule has 0 saturated heterocycles. The lowest BCUT2D eigenvalue weighted by Gasteiger charge is -2.18. The first-order valence-corrected chi connectivity index (χ1v) is 13.3. The molecule has 2 amide bonds. The molecule has 0 heterocycles. The highest BCUT2D eigenvalue weighted by Gasteiger charge is 2.15. The van der Waals surface area contributed by atoms with Gasteiger partial charge in [0.15, 0.2) is 0 Å². The molecule has 3 N–H and O–H groups in total. The van der Waals surface area contributed by atoms with Gasteiger partial charge in [-0.1, -0.05) is 41.9 Å². The highest BCUT2D eigenvalue weighted by Crippen LogP contribution is 2.22. The molecule has 3 rings (SSSR count). The van der Waals surface area contributed by atoms with E-state index in [0.29, 0.717) is 15.7 Å². The van der Waals surface area contributed by atoms with Crippen molar-refractivity contribution in [2.75, 3.05) is 38.6 Å². The summed E-state index contributed by atoms with van der Waals surface area (Å²) in [6, 6.07) is 19.8. The van der Waals surface area contributed by atoms with Gasteiger partial charge in [-0.15, -0.1) is 0 Å². The Morgan fingerprint density at radius 2 is 1.68 bits per heavy atom. The maximum atomic E-state index is 12.9. The van der Waals surface area contributed by atoms with Gasteiger partial charge in [-0.05, 0) is 78.8 Å². The number of likely N-dealkylation sites (N-methyl/N-ethyl adjacent to an activating group) is 1. The molecule has 0 radical (unpaired) electrons. The van der Waals surface area contributed by atoms with Crippen LogP contribution in [-0.2, 0) is 6.54 Å². The van der Waals surface area contributed by atoms with Crippen LogP contribution in [-0.4, -0.2) is 56.2 Å². The fourth-order valence-electron chi connectivity index (χ4n) is 3.71. The number of carbonyl (C=O) groups excluding carboxylic acids is 2. The Morgan fingerprint density at radius 1 is 0.974 bits per heavy atom. The molecular formula is C29H34BrN5O3. The van der Waals surface area contributed by atoms with Gasteiger partial charge in [-0.2, -0.15) is 5.10 Å². The zero-order valence-corrected chi connectivity index (χ0v) is 23.5. The van der Waals surface area contributed by atoms with E-state index in [9.17, 15) is 9.59 Å². The highest BCUT2D eigenvalue weighted by molar-refractivity contribution is 9.10. The lowest BCUT2D eigenvalue weighted by molar-refractivity contribution is 0.0956. The molecular weight excluding hydrogens is 546 g/mol. The number of ether oxygens (including phenoxy) is 1. The first-order chi connectivity index (χ1) is 18.4. The molecule has 9 heteroatoms. The van der Waals surface area contributed by atoms with E-state index in [1.165, 1.54) is 6.21 Å². The molecule has 0 aromatic heterocycles. The zero-order valence-electron chi connectivity index (χ0n) is 22.0. The third-order valence-electron chi connectivity index (χ3n) is 6.01. The summed E-state index contributed by atoms with van der Waals surface area (Å²) in [5, 5.41) is 10.3. The molecule has 0 aliphatic carbocycles. The number of hydrazone groups is 1. The van der Waals surface area contributed by atoms with Crippen LogP contribution < -0.4 is 20.8 Å². The second kappa shape index (κ2) is 15.0. The quantitative estimate of drug-likeness (QED) is 0.152. The summed E-state index contributed by atoms with van der Waals surface area (Å²) in [5.74, 6) is -0.0143. The van der Waals surface area contributed by atoms with Crippen molar-refractivity contribution in [1.29, 1.82) is 0 Å². The van der Waals surface area contributed by atoms with E-state index >= 15 is 0 Å². The van der Waals surface area contributed by atoms with E-state index in [1.807, 2.05) is 36.4 Å².